The second-order valence-electron chi connectivity index (χ2n) is 4.35. The van der Waals surface area contributed by atoms with Crippen molar-refractivity contribution in [3.05, 3.63) is 29.8 Å². The Morgan fingerprint density at radius 2 is 1.95 bits per heavy atom. The van der Waals surface area contributed by atoms with Crippen LogP contribution in [0.1, 0.15) is 37.3 Å². The van der Waals surface area contributed by atoms with E-state index in [-0.39, 0.29) is 4.58 Å². The van der Waals surface area contributed by atoms with Crippen LogP contribution in [0.5, 0.6) is 5.75 Å². The summed E-state index contributed by atoms with van der Waals surface area (Å²) < 4.78 is 24.5. The van der Waals surface area contributed by atoms with Gasteiger partial charge in [0.2, 0.25) is 0 Å². The summed E-state index contributed by atoms with van der Waals surface area (Å²) in [6.45, 7) is 3.26. The first-order chi connectivity index (χ1) is 10.6. The van der Waals surface area contributed by atoms with Crippen molar-refractivity contribution in [3.63, 3.8) is 0 Å². The van der Waals surface area contributed by atoms with Crippen LogP contribution in [0.25, 0.3) is 0 Å². The summed E-state index contributed by atoms with van der Waals surface area (Å²) in [7, 11) is 0. The zero-order valence-electron chi connectivity index (χ0n) is 13.6. The van der Waals surface area contributed by atoms with E-state index < -0.39 is 6.80 Å². The van der Waals surface area contributed by atoms with Crippen LogP contribution >= 0.6 is 41.7 Å². The Kier molecular flexibility index (Phi) is 10.1. The molecule has 1 aromatic rings. The molecule has 0 heterocycles. The molecular weight excluding hydrogens is 355 g/mol. The highest BCUT2D eigenvalue weighted by Crippen LogP contribution is 2.61. The largest absolute Gasteiger partial charge is 0.440 e. The van der Waals surface area contributed by atoms with Crippen molar-refractivity contribution in [3.8, 4) is 5.75 Å². The van der Waals surface area contributed by atoms with E-state index in [1.807, 2.05) is 43.0 Å². The van der Waals surface area contributed by atoms with Crippen LogP contribution in [0.3, 0.4) is 0 Å². The highest BCUT2D eigenvalue weighted by molar-refractivity contribution is 8.55. The molecule has 0 radical (unpaired) electrons. The second-order valence-corrected chi connectivity index (χ2v) is 11.1. The number of thioether (sulfide) groups is 2. The summed E-state index contributed by atoms with van der Waals surface area (Å²) in [6.07, 6.45) is 3.02. The van der Waals surface area contributed by atoms with Gasteiger partial charge in [-0.1, -0.05) is 32.0 Å². The van der Waals surface area contributed by atoms with Crippen molar-refractivity contribution < 1.29 is 13.6 Å². The summed E-state index contributed by atoms with van der Waals surface area (Å²) >= 11 is 4.89. The molecule has 0 saturated heterocycles. The van der Waals surface area contributed by atoms with E-state index in [4.69, 9.17) is 9.05 Å². The van der Waals surface area contributed by atoms with Crippen molar-refractivity contribution >= 4 is 41.7 Å². The maximum absolute atomic E-state index is 12.9. The number of rotatable bonds is 11. The van der Waals surface area contributed by atoms with Crippen molar-refractivity contribution in [1.82, 2.24) is 0 Å². The highest BCUT2D eigenvalue weighted by atomic mass is 32.7. The molecular formula is C15H25O3PS3. The van der Waals surface area contributed by atoms with Gasteiger partial charge in [0.05, 0.1) is 11.2 Å². The standard InChI is InChI=1S/C15H25O3PS3/c1-5-12-22-19(16,17-6-2)18-14-11-9-8-10-13(14)15(20-4)21-7-3/h8-11,15H,5-7,12H2,1-4H3. The maximum Gasteiger partial charge on any atom is 0.440 e. The lowest BCUT2D eigenvalue weighted by atomic mass is 10.2. The molecule has 0 aliphatic heterocycles. The second kappa shape index (κ2) is 10.9. The van der Waals surface area contributed by atoms with Gasteiger partial charge >= 0.3 is 6.80 Å². The quantitative estimate of drug-likeness (QED) is 0.323. The molecule has 0 amide bonds. The number of para-hydroxylation sites is 1. The Hall–Kier alpha value is 0.260. The van der Waals surface area contributed by atoms with Gasteiger partial charge in [-0.05, 0) is 42.8 Å². The van der Waals surface area contributed by atoms with Crippen molar-refractivity contribution in [1.29, 1.82) is 0 Å². The molecule has 2 atom stereocenters. The van der Waals surface area contributed by atoms with Gasteiger partial charge in [-0.2, -0.15) is 0 Å². The number of benzene rings is 1. The predicted octanol–water partition coefficient (Wildman–Crippen LogP) is 6.47. The molecule has 3 nitrogen and oxygen atoms in total. The number of hydrogen-bond acceptors (Lipinski definition) is 6. The van der Waals surface area contributed by atoms with Gasteiger partial charge in [-0.3, -0.25) is 4.52 Å². The summed E-state index contributed by atoms with van der Waals surface area (Å²) in [5, 5.41) is 0. The van der Waals surface area contributed by atoms with E-state index in [1.54, 1.807) is 11.8 Å². The monoisotopic (exact) mass is 380 g/mol. The van der Waals surface area contributed by atoms with Crippen LogP contribution < -0.4 is 4.52 Å². The Morgan fingerprint density at radius 3 is 2.55 bits per heavy atom. The van der Waals surface area contributed by atoms with E-state index in [1.165, 1.54) is 11.4 Å². The van der Waals surface area contributed by atoms with Crippen LogP contribution in [-0.2, 0) is 9.09 Å². The lowest BCUT2D eigenvalue weighted by Crippen LogP contribution is -2.00. The van der Waals surface area contributed by atoms with E-state index in [9.17, 15) is 4.57 Å². The zero-order chi connectivity index (χ0) is 16.4. The Morgan fingerprint density at radius 1 is 1.23 bits per heavy atom. The third kappa shape index (κ3) is 6.40. The fraction of sp³-hybridized carbons (Fsp3) is 0.600. The molecule has 0 aliphatic rings. The molecule has 0 spiro atoms. The van der Waals surface area contributed by atoms with E-state index >= 15 is 0 Å². The van der Waals surface area contributed by atoms with Gasteiger partial charge in [0.1, 0.15) is 5.75 Å². The molecule has 0 aromatic heterocycles. The average molecular weight is 381 g/mol. The molecule has 2 unspecified atom stereocenters. The van der Waals surface area contributed by atoms with Crippen LogP contribution in [0.4, 0.5) is 0 Å². The molecule has 126 valence electrons. The van der Waals surface area contributed by atoms with E-state index in [0.29, 0.717) is 12.4 Å². The van der Waals surface area contributed by atoms with Gasteiger partial charge in [-0.25, -0.2) is 4.57 Å². The fourth-order valence-electron chi connectivity index (χ4n) is 1.77. The molecule has 1 rings (SSSR count). The molecule has 1 aromatic carbocycles. The normalized spacial score (nSPS) is 15.3. The molecule has 0 aliphatic carbocycles. The Balaban J connectivity index is 3.01. The first-order valence-corrected chi connectivity index (χ1v) is 12.9. The Bertz CT molecular complexity index is 485. The molecule has 0 fully saturated rings. The minimum atomic E-state index is -3.16. The van der Waals surface area contributed by atoms with Gasteiger partial charge in [0.25, 0.3) is 0 Å². The van der Waals surface area contributed by atoms with Gasteiger partial charge < -0.3 is 4.52 Å². The first kappa shape index (κ1) is 20.3. The maximum atomic E-state index is 12.9. The van der Waals surface area contributed by atoms with Crippen LogP contribution in [0.2, 0.25) is 0 Å². The van der Waals surface area contributed by atoms with Crippen molar-refractivity contribution in [2.75, 3.05) is 24.4 Å². The van der Waals surface area contributed by atoms with E-state index in [2.05, 4.69) is 20.1 Å². The number of hydrogen-bond donors (Lipinski definition) is 0. The highest BCUT2D eigenvalue weighted by Gasteiger charge is 2.28. The summed E-state index contributed by atoms with van der Waals surface area (Å²) in [4.78, 5) is 0. The summed E-state index contributed by atoms with van der Waals surface area (Å²) in [5.74, 6) is 2.45. The van der Waals surface area contributed by atoms with Gasteiger partial charge in [0.15, 0.2) is 0 Å². The summed E-state index contributed by atoms with van der Waals surface area (Å²) in [5.41, 5.74) is 1.07. The molecule has 0 bridgehead atoms. The molecule has 22 heavy (non-hydrogen) atoms. The third-order valence-electron chi connectivity index (χ3n) is 2.66. The van der Waals surface area contributed by atoms with Crippen LogP contribution in [-0.4, -0.2) is 24.4 Å². The molecule has 7 heteroatoms. The lowest BCUT2D eigenvalue weighted by Gasteiger charge is -2.22. The average Bonchev–Trinajstić information content (AvgIpc) is 2.52. The molecule has 0 saturated carbocycles. The predicted molar refractivity (Wildman–Crippen MR) is 103 cm³/mol. The van der Waals surface area contributed by atoms with Crippen molar-refractivity contribution in [2.24, 2.45) is 0 Å². The topological polar surface area (TPSA) is 35.5 Å². The smallest absolute Gasteiger partial charge is 0.417 e. The minimum absolute atomic E-state index is 0.271. The SMILES string of the molecule is CCCSP(=O)(OCC)Oc1ccccc1C(SC)SCC. The minimum Gasteiger partial charge on any atom is -0.417 e. The fourth-order valence-corrected chi connectivity index (χ4v) is 7.31. The van der Waals surface area contributed by atoms with Gasteiger partial charge in [-0.15, -0.1) is 23.5 Å². The van der Waals surface area contributed by atoms with Crippen LogP contribution in [0.15, 0.2) is 24.3 Å². The third-order valence-corrected chi connectivity index (χ3v) is 9.15. The van der Waals surface area contributed by atoms with Crippen LogP contribution in [0, 0.1) is 0 Å². The van der Waals surface area contributed by atoms with E-state index in [0.717, 1.165) is 23.5 Å². The first-order valence-electron chi connectivity index (χ1n) is 7.42. The zero-order valence-corrected chi connectivity index (χ0v) is 17.0. The van der Waals surface area contributed by atoms with Gasteiger partial charge in [0, 0.05) is 11.3 Å². The lowest BCUT2D eigenvalue weighted by molar-refractivity contribution is 0.295. The summed E-state index contributed by atoms with van der Waals surface area (Å²) in [6, 6.07) is 7.83. The molecule has 0 N–H and O–H groups in total. The Labute approximate surface area is 147 Å². The van der Waals surface area contributed by atoms with Crippen molar-refractivity contribution in [2.45, 2.75) is 31.8 Å².